The zero-order valence-corrected chi connectivity index (χ0v) is 41.9. The van der Waals surface area contributed by atoms with Gasteiger partial charge in [-0.2, -0.15) is 0 Å². The quantitative estimate of drug-likeness (QED) is 0.0778. The molecule has 358 valence electrons. The summed E-state index contributed by atoms with van der Waals surface area (Å²) in [6.07, 6.45) is 10.1. The molecule has 0 spiro atoms. The number of rotatable bonds is 13. The van der Waals surface area contributed by atoms with Crippen LogP contribution in [0.3, 0.4) is 0 Å². The Labute approximate surface area is 420 Å². The highest BCUT2D eigenvalue weighted by atomic mass is 127. The van der Waals surface area contributed by atoms with Crippen LogP contribution in [0, 0.1) is 10.5 Å². The average molecular weight is 1050 g/mol. The third kappa shape index (κ3) is 8.22. The Morgan fingerprint density at radius 2 is 1.50 bits per heavy atom. The molecule has 2 N–H and O–H groups in total. The number of aryl methyl sites for hydroxylation is 2. The Kier molecular flexibility index (Phi) is 12.5. The van der Waals surface area contributed by atoms with Gasteiger partial charge in [0.2, 0.25) is 11.3 Å². The van der Waals surface area contributed by atoms with Crippen LogP contribution in [0.15, 0.2) is 72.8 Å². The second-order valence-corrected chi connectivity index (χ2v) is 20.6. The Morgan fingerprint density at radius 3 is 2.29 bits per heavy atom. The van der Waals surface area contributed by atoms with Crippen LogP contribution in [-0.2, 0) is 36.9 Å². The van der Waals surface area contributed by atoms with E-state index in [4.69, 9.17) is 9.47 Å². The normalized spacial score (nSPS) is 15.3. The molecule has 0 fully saturated rings. The van der Waals surface area contributed by atoms with Gasteiger partial charge in [-0.1, -0.05) is 6.07 Å². The first-order valence-corrected chi connectivity index (χ1v) is 26.0. The number of hydrogen-bond acceptors (Lipinski definition) is 8. The van der Waals surface area contributed by atoms with Gasteiger partial charge < -0.3 is 34.9 Å². The molecule has 5 aliphatic heterocycles. The van der Waals surface area contributed by atoms with Crippen LogP contribution < -0.4 is 45.3 Å². The summed E-state index contributed by atoms with van der Waals surface area (Å²) >= 11 is 2.21. The number of anilines is 1. The Bertz CT molecular complexity index is 3310. The standard InChI is InChI=1S/C57H56IN5O7/c1-33-43(44-31-39(69-2)19-21-48(44)63(33)56(66)34-14-17-38(58)18-15-34)32-49(64)59-22-4-3-5-23-60-55(65)37-16-20-40(45(30-37)57(67)68)50-46-28-35-10-6-24-61-26-8-12-41(51(35)61)53(46)70-54-42-13-9-27-62-25-7-11-36(52(42)62)29-47(50)54/h14-21,28-31H,3-13,22-27,32H2,1-2H3,(H2-,59,60,64,65,67,68). The molecule has 1 aromatic heterocycles. The maximum absolute atomic E-state index is 13.8. The number of nitrogens with zero attached hydrogens (tertiary/aromatic N) is 3. The molecule has 6 heterocycles. The number of hydrogen-bond donors (Lipinski definition) is 2. The number of carbonyl (C=O) groups is 4. The summed E-state index contributed by atoms with van der Waals surface area (Å²) in [6, 6.07) is 22.5. The molecule has 70 heavy (non-hydrogen) atoms. The van der Waals surface area contributed by atoms with E-state index in [0.717, 1.165) is 126 Å². The first-order valence-electron chi connectivity index (χ1n) is 24.9. The lowest BCUT2D eigenvalue weighted by Gasteiger charge is -2.39. The third-order valence-corrected chi connectivity index (χ3v) is 15.8. The minimum atomic E-state index is -1.33. The topological polar surface area (TPSA) is 145 Å². The van der Waals surface area contributed by atoms with Gasteiger partial charge >= 0.3 is 0 Å². The molecular weight excluding hydrogens is 994 g/mol. The molecule has 0 atom stereocenters. The zero-order chi connectivity index (χ0) is 48.2. The number of aromatic nitrogens is 1. The van der Waals surface area contributed by atoms with Crippen molar-refractivity contribution in [1.29, 1.82) is 0 Å². The van der Waals surface area contributed by atoms with Gasteiger partial charge in [-0.05, 0) is 171 Å². The first kappa shape index (κ1) is 45.9. The van der Waals surface area contributed by atoms with Gasteiger partial charge in [0, 0.05) is 104 Å². The van der Waals surface area contributed by atoms with Crippen molar-refractivity contribution in [3.63, 3.8) is 0 Å². The van der Waals surface area contributed by atoms with Crippen molar-refractivity contribution in [3.05, 3.63) is 148 Å². The van der Waals surface area contributed by atoms with Crippen molar-refractivity contribution in [1.82, 2.24) is 19.8 Å². The minimum Gasteiger partial charge on any atom is -0.545 e. The van der Waals surface area contributed by atoms with Crippen molar-refractivity contribution < 1.29 is 33.8 Å². The van der Waals surface area contributed by atoms with E-state index in [9.17, 15) is 24.3 Å². The molecule has 0 bridgehead atoms. The smallest absolute Gasteiger partial charge is 0.262 e. The number of fused-ring (bicyclic) bond motifs is 5. The highest BCUT2D eigenvalue weighted by molar-refractivity contribution is 14.1. The van der Waals surface area contributed by atoms with Gasteiger partial charge in [0.05, 0.1) is 30.6 Å². The summed E-state index contributed by atoms with van der Waals surface area (Å²) in [7, 11) is 1.59. The summed E-state index contributed by atoms with van der Waals surface area (Å²) in [5.74, 6) is 0.314. The summed E-state index contributed by atoms with van der Waals surface area (Å²) in [5.41, 5.74) is 11.6. The van der Waals surface area contributed by atoms with Crippen molar-refractivity contribution in [2.75, 3.05) is 51.3 Å². The number of aromatic carboxylic acids is 1. The lowest BCUT2D eigenvalue weighted by Crippen LogP contribution is -2.45. The molecular formula is C57H56IN5O7. The van der Waals surface area contributed by atoms with E-state index in [0.29, 0.717) is 54.0 Å². The Hall–Kier alpha value is -6.48. The molecule has 12 nitrogen and oxygen atoms in total. The molecule has 13 heteroatoms. The van der Waals surface area contributed by atoms with E-state index in [1.54, 1.807) is 23.8 Å². The van der Waals surface area contributed by atoms with Crippen LogP contribution in [0.2, 0.25) is 0 Å². The maximum Gasteiger partial charge on any atom is 0.262 e. The third-order valence-electron chi connectivity index (χ3n) is 15.1. The first-order chi connectivity index (χ1) is 34.1. The van der Waals surface area contributed by atoms with E-state index in [1.807, 2.05) is 49.4 Å². The number of halogens is 1. The molecule has 0 saturated carbocycles. The number of carboxylic acids is 1. The number of carboxylic acid groups (broad SMARTS) is 1. The lowest BCUT2D eigenvalue weighted by molar-refractivity contribution is -0.255. The molecule has 11 rings (SSSR count). The predicted molar refractivity (Wildman–Crippen MR) is 276 cm³/mol. The molecule has 0 aliphatic carbocycles. The largest absolute Gasteiger partial charge is 0.545 e. The van der Waals surface area contributed by atoms with Crippen molar-refractivity contribution in [2.45, 2.75) is 84.0 Å². The lowest BCUT2D eigenvalue weighted by atomic mass is 9.81. The highest BCUT2D eigenvalue weighted by Crippen LogP contribution is 2.49. The molecule has 0 unspecified atom stereocenters. The molecule has 0 saturated heterocycles. The van der Waals surface area contributed by atoms with Crippen LogP contribution >= 0.6 is 22.6 Å². The zero-order valence-electron chi connectivity index (χ0n) is 39.7. The van der Waals surface area contributed by atoms with Gasteiger partial charge in [-0.15, -0.1) is 0 Å². The van der Waals surface area contributed by atoms with Crippen molar-refractivity contribution >= 4 is 68.4 Å². The van der Waals surface area contributed by atoms with Crippen LogP contribution in [0.5, 0.6) is 17.2 Å². The molecule has 6 aromatic rings. The van der Waals surface area contributed by atoms with E-state index in [1.165, 1.54) is 39.4 Å². The monoisotopic (exact) mass is 1050 g/mol. The fourth-order valence-corrected chi connectivity index (χ4v) is 12.2. The highest BCUT2D eigenvalue weighted by Gasteiger charge is 2.36. The second-order valence-electron chi connectivity index (χ2n) is 19.3. The number of unbranched alkanes of at least 4 members (excludes halogenated alkanes) is 2. The number of nitrogens with one attached hydrogen (secondary N) is 2. The Balaban J connectivity index is 0.785. The molecule has 5 aliphatic rings. The summed E-state index contributed by atoms with van der Waals surface area (Å²) in [6.45, 7) is 6.83. The summed E-state index contributed by atoms with van der Waals surface area (Å²) in [5, 5.41) is 22.3. The average Bonchev–Trinajstić information content (AvgIpc) is 3.64. The summed E-state index contributed by atoms with van der Waals surface area (Å²) in [4.78, 5) is 56.5. The number of benzene rings is 5. The van der Waals surface area contributed by atoms with Gasteiger partial charge in [0.1, 0.15) is 30.3 Å². The summed E-state index contributed by atoms with van der Waals surface area (Å²) < 4.78 is 17.9. The van der Waals surface area contributed by atoms with Crippen LogP contribution in [0.1, 0.15) is 121 Å². The number of methoxy groups -OCH3 is 1. The van der Waals surface area contributed by atoms with Gasteiger partial charge in [0.15, 0.2) is 0 Å². The van der Waals surface area contributed by atoms with Gasteiger partial charge in [-0.25, -0.2) is 4.58 Å². The Morgan fingerprint density at radius 1 is 0.771 bits per heavy atom. The van der Waals surface area contributed by atoms with Gasteiger partial charge in [-0.3, -0.25) is 19.0 Å². The fourth-order valence-electron chi connectivity index (χ4n) is 11.9. The van der Waals surface area contributed by atoms with Crippen molar-refractivity contribution in [2.24, 2.45) is 0 Å². The van der Waals surface area contributed by atoms with Crippen LogP contribution in [-0.4, -0.2) is 74.6 Å². The molecule has 5 aromatic carbocycles. The number of carbonyl (C=O) groups excluding carboxylic acids is 4. The van der Waals surface area contributed by atoms with E-state index >= 15 is 0 Å². The van der Waals surface area contributed by atoms with Crippen LogP contribution in [0.4, 0.5) is 5.69 Å². The second kappa shape index (κ2) is 19.0. The van der Waals surface area contributed by atoms with Crippen molar-refractivity contribution in [3.8, 4) is 17.2 Å². The maximum atomic E-state index is 13.8. The van der Waals surface area contributed by atoms with Gasteiger partial charge in [0.25, 0.3) is 11.8 Å². The van der Waals surface area contributed by atoms with E-state index in [2.05, 4.69) is 54.8 Å². The van der Waals surface area contributed by atoms with E-state index < -0.39 is 5.97 Å². The minimum absolute atomic E-state index is 0.0188. The number of ether oxygens (including phenoxy) is 2. The van der Waals surface area contributed by atoms with Crippen LogP contribution in [0.25, 0.3) is 16.5 Å². The van der Waals surface area contributed by atoms with E-state index in [-0.39, 0.29) is 35.3 Å². The number of amides is 2. The SMILES string of the molecule is COc1ccc2c(c1)c(CC(=O)NCCCCCNC(=O)c1ccc(C3=c4cc5c6c(c4Oc4c3cc3c7c4CCCN7CCC3)CCC[N+]=6CCC5)c(C(=O)[O-])c1)c(C)n2C(=O)c1ccc(I)cc1. The predicted octanol–water partition coefficient (Wildman–Crippen LogP) is 6.31. The molecule has 0 radical (unpaired) electrons. The molecule has 2 amide bonds. The fraction of sp³-hybridized carbons (Fsp3) is 0.351.